The average molecular weight is 218 g/mol. The molecular weight excluding hydrogens is 196 g/mol. The van der Waals surface area contributed by atoms with E-state index in [-0.39, 0.29) is 10.8 Å². The summed E-state index contributed by atoms with van der Waals surface area (Å²) in [6.45, 7) is 6.87. The fourth-order valence-electron chi connectivity index (χ4n) is 4.90. The molecule has 4 aliphatic rings. The van der Waals surface area contributed by atoms with E-state index in [1.165, 1.54) is 32.0 Å². The summed E-state index contributed by atoms with van der Waals surface area (Å²) in [6.07, 6.45) is 11.2. The van der Waals surface area contributed by atoms with Gasteiger partial charge >= 0.3 is 0 Å². The van der Waals surface area contributed by atoms with Crippen LogP contribution >= 0.6 is 0 Å². The smallest absolute Gasteiger partial charge is 0.127 e. The van der Waals surface area contributed by atoms with Crippen LogP contribution in [0, 0.1) is 28.1 Å². The first-order valence-corrected chi connectivity index (χ1v) is 6.65. The van der Waals surface area contributed by atoms with E-state index in [4.69, 9.17) is 0 Å². The molecule has 88 valence electrons. The molecule has 5 atom stereocenters. The van der Waals surface area contributed by atoms with Gasteiger partial charge in [-0.1, -0.05) is 32.9 Å². The van der Waals surface area contributed by atoms with E-state index < -0.39 is 0 Å². The van der Waals surface area contributed by atoms with Crippen LogP contribution in [0.15, 0.2) is 12.2 Å². The summed E-state index contributed by atoms with van der Waals surface area (Å²) in [7, 11) is 0. The van der Waals surface area contributed by atoms with E-state index >= 15 is 0 Å². The third-order valence-corrected chi connectivity index (χ3v) is 6.49. The number of allylic oxidation sites excluding steroid dienone is 2. The first kappa shape index (κ1) is 10.6. The molecule has 1 heteroatoms. The lowest BCUT2D eigenvalue weighted by Crippen LogP contribution is -2.56. The first-order valence-electron chi connectivity index (χ1n) is 6.65. The van der Waals surface area contributed by atoms with E-state index in [0.717, 1.165) is 5.92 Å². The van der Waals surface area contributed by atoms with Crippen LogP contribution in [-0.4, -0.2) is 6.29 Å². The molecule has 0 aromatic heterocycles. The monoisotopic (exact) mass is 218 g/mol. The zero-order chi connectivity index (χ0) is 11.6. The highest BCUT2D eigenvalue weighted by Gasteiger charge is 2.65. The topological polar surface area (TPSA) is 17.1 Å². The summed E-state index contributed by atoms with van der Waals surface area (Å²) in [5.74, 6) is 1.36. The molecule has 0 N–H and O–H groups in total. The fraction of sp³-hybridized carbons (Fsp3) is 0.800. The van der Waals surface area contributed by atoms with Crippen molar-refractivity contribution in [2.45, 2.75) is 46.5 Å². The second-order valence-electron chi connectivity index (χ2n) is 6.79. The number of fused-ring (bicyclic) bond motifs is 1. The Labute approximate surface area is 98.3 Å². The van der Waals surface area contributed by atoms with Crippen LogP contribution in [-0.2, 0) is 4.79 Å². The van der Waals surface area contributed by atoms with Gasteiger partial charge in [0.25, 0.3) is 0 Å². The minimum atomic E-state index is -0.120. The van der Waals surface area contributed by atoms with Crippen LogP contribution in [0.25, 0.3) is 0 Å². The fourth-order valence-corrected chi connectivity index (χ4v) is 4.90. The third-order valence-electron chi connectivity index (χ3n) is 6.49. The van der Waals surface area contributed by atoms with E-state index in [1.54, 1.807) is 0 Å². The Morgan fingerprint density at radius 1 is 1.19 bits per heavy atom. The summed E-state index contributed by atoms with van der Waals surface area (Å²) in [6, 6.07) is 0. The van der Waals surface area contributed by atoms with Crippen LogP contribution in [0.4, 0.5) is 0 Å². The molecule has 2 bridgehead atoms. The Hall–Kier alpha value is -0.590. The molecule has 5 unspecified atom stereocenters. The molecule has 4 aliphatic carbocycles. The molecule has 0 aliphatic heterocycles. The molecule has 16 heavy (non-hydrogen) atoms. The summed E-state index contributed by atoms with van der Waals surface area (Å²) in [4.78, 5) is 11.7. The standard InChI is InChI=1S/C15H22O/c1-11-4-5-12-14(3,10-16)13(2)6-8-15(11,12)9-7-13/h6,8,10-12H,4-5,7,9H2,1-3H3. The van der Waals surface area contributed by atoms with Crippen molar-refractivity contribution in [1.29, 1.82) is 0 Å². The normalized spacial score (nSPS) is 58.7. The van der Waals surface area contributed by atoms with Crippen molar-refractivity contribution >= 4 is 6.29 Å². The summed E-state index contributed by atoms with van der Waals surface area (Å²) in [5, 5.41) is 0. The first-order chi connectivity index (χ1) is 7.48. The Bertz CT molecular complexity index is 372. The van der Waals surface area contributed by atoms with Crippen molar-refractivity contribution in [2.75, 3.05) is 0 Å². The molecule has 0 radical (unpaired) electrons. The molecule has 0 saturated heterocycles. The van der Waals surface area contributed by atoms with E-state index in [0.29, 0.717) is 11.3 Å². The van der Waals surface area contributed by atoms with Gasteiger partial charge in [-0.2, -0.15) is 0 Å². The van der Waals surface area contributed by atoms with E-state index in [2.05, 4.69) is 32.9 Å². The average Bonchev–Trinajstić information content (AvgIpc) is 2.61. The second-order valence-corrected chi connectivity index (χ2v) is 6.79. The van der Waals surface area contributed by atoms with Crippen LogP contribution in [0.5, 0.6) is 0 Å². The van der Waals surface area contributed by atoms with Gasteiger partial charge in [0.05, 0.1) is 0 Å². The lowest BCUT2D eigenvalue weighted by molar-refractivity contribution is -0.138. The van der Waals surface area contributed by atoms with Gasteiger partial charge in [0.15, 0.2) is 0 Å². The van der Waals surface area contributed by atoms with Crippen molar-refractivity contribution < 1.29 is 4.79 Å². The van der Waals surface area contributed by atoms with Gasteiger partial charge < -0.3 is 4.79 Å². The molecular formula is C15H22O. The number of carbonyl (C=O) groups is 1. The minimum Gasteiger partial charge on any atom is -0.303 e. The number of carbonyl (C=O) groups excluding carboxylic acids is 1. The quantitative estimate of drug-likeness (QED) is 0.485. The molecule has 0 heterocycles. The van der Waals surface area contributed by atoms with E-state index in [1.807, 2.05) is 0 Å². The lowest BCUT2D eigenvalue weighted by Gasteiger charge is -2.60. The summed E-state index contributed by atoms with van der Waals surface area (Å²) >= 11 is 0. The molecule has 0 aromatic rings. The molecule has 1 spiro atoms. The van der Waals surface area contributed by atoms with Crippen molar-refractivity contribution in [3.63, 3.8) is 0 Å². The molecule has 1 nitrogen and oxygen atoms in total. The summed E-state index contributed by atoms with van der Waals surface area (Å²) in [5.41, 5.74) is 0.351. The highest BCUT2D eigenvalue weighted by molar-refractivity contribution is 5.64. The Balaban J connectivity index is 2.19. The predicted molar refractivity (Wildman–Crippen MR) is 65.0 cm³/mol. The Kier molecular flexibility index (Phi) is 1.85. The maximum Gasteiger partial charge on any atom is 0.127 e. The maximum absolute atomic E-state index is 11.7. The lowest BCUT2D eigenvalue weighted by atomic mass is 9.42. The van der Waals surface area contributed by atoms with Crippen LogP contribution in [0.3, 0.4) is 0 Å². The highest BCUT2D eigenvalue weighted by Crippen LogP contribution is 2.70. The van der Waals surface area contributed by atoms with Crippen molar-refractivity contribution in [1.82, 2.24) is 0 Å². The predicted octanol–water partition coefficient (Wildman–Crippen LogP) is 3.59. The second kappa shape index (κ2) is 2.80. The van der Waals surface area contributed by atoms with Gasteiger partial charge in [-0.3, -0.25) is 0 Å². The minimum absolute atomic E-state index is 0.116. The van der Waals surface area contributed by atoms with Gasteiger partial charge in [-0.25, -0.2) is 0 Å². The van der Waals surface area contributed by atoms with Crippen LogP contribution in [0.1, 0.15) is 46.5 Å². The van der Waals surface area contributed by atoms with Gasteiger partial charge in [0, 0.05) is 5.41 Å². The van der Waals surface area contributed by atoms with Gasteiger partial charge in [-0.15, -0.1) is 0 Å². The molecule has 4 rings (SSSR count). The van der Waals surface area contributed by atoms with E-state index in [9.17, 15) is 4.79 Å². The maximum atomic E-state index is 11.7. The number of hydrogen-bond donors (Lipinski definition) is 0. The molecule has 0 aromatic carbocycles. The van der Waals surface area contributed by atoms with Crippen molar-refractivity contribution in [2.24, 2.45) is 28.1 Å². The zero-order valence-electron chi connectivity index (χ0n) is 10.6. The zero-order valence-corrected chi connectivity index (χ0v) is 10.6. The molecule has 2 saturated carbocycles. The SMILES string of the molecule is CC1CCC2C13C=CC(C)(CC3)C2(C)C=O. The molecule has 0 amide bonds. The van der Waals surface area contributed by atoms with Crippen LogP contribution in [0.2, 0.25) is 0 Å². The highest BCUT2D eigenvalue weighted by atomic mass is 16.1. The number of hydrogen-bond acceptors (Lipinski definition) is 1. The largest absolute Gasteiger partial charge is 0.303 e. The van der Waals surface area contributed by atoms with Crippen LogP contribution < -0.4 is 0 Å². The number of rotatable bonds is 1. The van der Waals surface area contributed by atoms with Gasteiger partial charge in [-0.05, 0) is 48.3 Å². The third kappa shape index (κ3) is 0.881. The van der Waals surface area contributed by atoms with Crippen molar-refractivity contribution in [3.8, 4) is 0 Å². The van der Waals surface area contributed by atoms with Crippen molar-refractivity contribution in [3.05, 3.63) is 12.2 Å². The molecule has 2 fully saturated rings. The Morgan fingerprint density at radius 2 is 1.94 bits per heavy atom. The Morgan fingerprint density at radius 3 is 2.50 bits per heavy atom. The van der Waals surface area contributed by atoms with Gasteiger partial charge in [0.2, 0.25) is 0 Å². The summed E-state index contributed by atoms with van der Waals surface area (Å²) < 4.78 is 0. The number of aldehydes is 1. The van der Waals surface area contributed by atoms with Gasteiger partial charge in [0.1, 0.15) is 6.29 Å².